The van der Waals surface area contributed by atoms with Crippen molar-refractivity contribution in [3.05, 3.63) is 59.9 Å². The molecule has 5 nitrogen and oxygen atoms in total. The third-order valence-corrected chi connectivity index (χ3v) is 7.08. The van der Waals surface area contributed by atoms with E-state index >= 15 is 0 Å². The number of fused-ring (bicyclic) bond motifs is 1. The second-order valence-electron chi connectivity index (χ2n) is 8.88. The first-order valence-electron chi connectivity index (χ1n) is 11.0. The molecule has 2 aliphatic rings. The number of hydrogen-bond acceptors (Lipinski definition) is 5. The van der Waals surface area contributed by atoms with Crippen LogP contribution in [0.5, 0.6) is 0 Å². The quantitative estimate of drug-likeness (QED) is 0.736. The van der Waals surface area contributed by atoms with Crippen LogP contribution in [0.1, 0.15) is 44.9 Å². The van der Waals surface area contributed by atoms with Gasteiger partial charge in [-0.3, -0.25) is 4.98 Å². The van der Waals surface area contributed by atoms with Crippen LogP contribution in [0.2, 0.25) is 0 Å². The van der Waals surface area contributed by atoms with Crippen LogP contribution in [0.3, 0.4) is 0 Å². The van der Waals surface area contributed by atoms with Gasteiger partial charge in [0.2, 0.25) is 0 Å². The number of ether oxygens (including phenoxy) is 1. The normalized spacial score (nSPS) is 32.5. The lowest BCUT2D eigenvalue weighted by Crippen LogP contribution is -2.53. The molecule has 0 amide bonds. The molecule has 1 saturated carbocycles. The molecule has 2 fully saturated rings. The molecule has 1 aliphatic carbocycles. The molecule has 4 rings (SSSR count). The Morgan fingerprint density at radius 1 is 1.29 bits per heavy atom. The van der Waals surface area contributed by atoms with Crippen molar-refractivity contribution in [2.45, 2.75) is 45.3 Å². The Balaban J connectivity index is 1.62. The molecule has 6 atom stereocenters. The van der Waals surface area contributed by atoms with Crippen LogP contribution in [0, 0.1) is 35.0 Å². The van der Waals surface area contributed by atoms with Gasteiger partial charge in [0.15, 0.2) is 5.60 Å². The van der Waals surface area contributed by atoms with E-state index in [1.165, 1.54) is 0 Å². The fourth-order valence-corrected chi connectivity index (χ4v) is 5.65. The average Bonchev–Trinajstić information content (AvgIpc) is 2.99. The van der Waals surface area contributed by atoms with Crippen LogP contribution < -0.4 is 0 Å². The van der Waals surface area contributed by atoms with Gasteiger partial charge in [-0.1, -0.05) is 50.6 Å². The van der Waals surface area contributed by atoms with Crippen LogP contribution in [0.4, 0.5) is 0 Å². The summed E-state index contributed by atoms with van der Waals surface area (Å²) in [6.45, 7) is 6.15. The standard InChI is InChI=1S/C26H28N2O3/c1-4-21-16(2)13-26(30)24(17(3)31-25(26)29)23(21)12-11-20-10-9-19(15-28-20)22-8-6-5-7-18(22)14-27/h5-12,15-17,21,23-24,30H,4,13H2,1-3H3/b12-11+/t16?,17-,21?,23?,24?,26?/m1/s1. The lowest BCUT2D eigenvalue weighted by molar-refractivity contribution is -0.160. The van der Waals surface area contributed by atoms with E-state index in [0.29, 0.717) is 17.9 Å². The molecule has 160 valence electrons. The molecule has 31 heavy (non-hydrogen) atoms. The average molecular weight is 417 g/mol. The predicted molar refractivity (Wildman–Crippen MR) is 118 cm³/mol. The number of carbonyl (C=O) groups is 1. The van der Waals surface area contributed by atoms with Gasteiger partial charge in [-0.2, -0.15) is 5.26 Å². The van der Waals surface area contributed by atoms with Crippen molar-refractivity contribution in [1.29, 1.82) is 5.26 Å². The SMILES string of the molecule is CCC1C(C)CC2(O)C(=O)O[C@H](C)C2C1/C=C/c1ccc(-c2ccccc2C#N)cn1. The number of rotatable bonds is 4. The van der Waals surface area contributed by atoms with Crippen LogP contribution in [0.25, 0.3) is 17.2 Å². The Hall–Kier alpha value is -2.97. The van der Waals surface area contributed by atoms with Crippen LogP contribution in [0.15, 0.2) is 48.7 Å². The molecule has 0 bridgehead atoms. The minimum absolute atomic E-state index is 0.0287. The zero-order valence-electron chi connectivity index (χ0n) is 18.2. The summed E-state index contributed by atoms with van der Waals surface area (Å²) >= 11 is 0. The molecule has 1 aliphatic heterocycles. The third-order valence-electron chi connectivity index (χ3n) is 7.08. The van der Waals surface area contributed by atoms with Gasteiger partial charge in [-0.05, 0) is 49.3 Å². The van der Waals surface area contributed by atoms with E-state index in [1.54, 1.807) is 12.3 Å². The summed E-state index contributed by atoms with van der Waals surface area (Å²) in [5.74, 6) is -0.125. The van der Waals surface area contributed by atoms with Gasteiger partial charge >= 0.3 is 5.97 Å². The van der Waals surface area contributed by atoms with Crippen molar-refractivity contribution in [3.63, 3.8) is 0 Å². The number of nitrogens with zero attached hydrogens (tertiary/aromatic N) is 2. The summed E-state index contributed by atoms with van der Waals surface area (Å²) in [6, 6.07) is 13.6. The largest absolute Gasteiger partial charge is 0.460 e. The van der Waals surface area contributed by atoms with Gasteiger partial charge in [0.1, 0.15) is 6.10 Å². The Morgan fingerprint density at radius 2 is 2.06 bits per heavy atom. The fraction of sp³-hybridized carbons (Fsp3) is 0.423. The smallest absolute Gasteiger partial charge is 0.338 e. The van der Waals surface area contributed by atoms with Gasteiger partial charge in [0.05, 0.1) is 17.3 Å². The molecule has 1 saturated heterocycles. The van der Waals surface area contributed by atoms with Crippen molar-refractivity contribution in [2.75, 3.05) is 0 Å². The second-order valence-corrected chi connectivity index (χ2v) is 8.88. The third kappa shape index (κ3) is 3.66. The maximum atomic E-state index is 12.4. The lowest BCUT2D eigenvalue weighted by atomic mass is 9.59. The molecule has 2 aromatic rings. The zero-order valence-corrected chi connectivity index (χ0v) is 18.2. The van der Waals surface area contributed by atoms with Crippen molar-refractivity contribution < 1.29 is 14.6 Å². The summed E-state index contributed by atoms with van der Waals surface area (Å²) < 4.78 is 5.46. The minimum atomic E-state index is -1.40. The first kappa shape index (κ1) is 21.3. The monoisotopic (exact) mass is 416 g/mol. The Morgan fingerprint density at radius 3 is 2.74 bits per heavy atom. The highest BCUT2D eigenvalue weighted by atomic mass is 16.6. The highest BCUT2D eigenvalue weighted by Crippen LogP contribution is 2.52. The van der Waals surface area contributed by atoms with Gasteiger partial charge in [0.25, 0.3) is 0 Å². The Kier molecular flexibility index (Phi) is 5.68. The molecule has 1 aromatic heterocycles. The number of esters is 1. The number of allylic oxidation sites excluding steroid dienone is 1. The summed E-state index contributed by atoms with van der Waals surface area (Å²) in [5.41, 5.74) is 1.77. The fourth-order valence-electron chi connectivity index (χ4n) is 5.65. The first-order chi connectivity index (χ1) is 14.9. The summed E-state index contributed by atoms with van der Waals surface area (Å²) in [5, 5.41) is 20.5. The first-order valence-corrected chi connectivity index (χ1v) is 11.0. The molecule has 1 N–H and O–H groups in total. The summed E-state index contributed by atoms with van der Waals surface area (Å²) in [6.07, 6.45) is 6.96. The number of carbonyl (C=O) groups excluding carboxylic acids is 1. The topological polar surface area (TPSA) is 83.2 Å². The molecule has 5 unspecified atom stereocenters. The predicted octanol–water partition coefficient (Wildman–Crippen LogP) is 4.61. The van der Waals surface area contributed by atoms with E-state index in [-0.39, 0.29) is 23.9 Å². The van der Waals surface area contributed by atoms with E-state index in [9.17, 15) is 15.2 Å². The van der Waals surface area contributed by atoms with E-state index in [0.717, 1.165) is 23.2 Å². The molecule has 1 aromatic carbocycles. The number of benzene rings is 1. The summed E-state index contributed by atoms with van der Waals surface area (Å²) in [7, 11) is 0. The zero-order chi connectivity index (χ0) is 22.2. The molecular formula is C26H28N2O3. The highest BCUT2D eigenvalue weighted by molar-refractivity contribution is 5.82. The van der Waals surface area contributed by atoms with Crippen molar-refractivity contribution >= 4 is 12.0 Å². The number of nitriles is 1. The van der Waals surface area contributed by atoms with E-state index in [2.05, 4.69) is 31.0 Å². The number of aromatic nitrogens is 1. The maximum Gasteiger partial charge on any atom is 0.338 e. The second kappa shape index (κ2) is 8.28. The number of hydrogen-bond donors (Lipinski definition) is 1. The molecule has 5 heteroatoms. The van der Waals surface area contributed by atoms with Gasteiger partial charge in [-0.15, -0.1) is 0 Å². The number of cyclic esters (lactones) is 1. The van der Waals surface area contributed by atoms with Gasteiger partial charge in [0, 0.05) is 23.2 Å². The van der Waals surface area contributed by atoms with E-state index in [1.807, 2.05) is 43.3 Å². The van der Waals surface area contributed by atoms with Crippen molar-refractivity contribution in [1.82, 2.24) is 4.98 Å². The number of pyridine rings is 1. The molecule has 0 radical (unpaired) electrons. The molecule has 0 spiro atoms. The molecule has 2 heterocycles. The van der Waals surface area contributed by atoms with Crippen molar-refractivity contribution in [3.8, 4) is 17.2 Å². The van der Waals surface area contributed by atoms with E-state index in [4.69, 9.17) is 4.74 Å². The lowest BCUT2D eigenvalue weighted by Gasteiger charge is -2.45. The summed E-state index contributed by atoms with van der Waals surface area (Å²) in [4.78, 5) is 17.0. The maximum absolute atomic E-state index is 12.4. The van der Waals surface area contributed by atoms with E-state index < -0.39 is 11.6 Å². The Labute approximate surface area is 183 Å². The van der Waals surface area contributed by atoms with Gasteiger partial charge < -0.3 is 9.84 Å². The highest BCUT2D eigenvalue weighted by Gasteiger charge is 2.62. The minimum Gasteiger partial charge on any atom is -0.460 e. The number of aliphatic hydroxyl groups is 1. The van der Waals surface area contributed by atoms with Crippen LogP contribution in [-0.2, 0) is 9.53 Å². The Bertz CT molecular complexity index is 1040. The van der Waals surface area contributed by atoms with Gasteiger partial charge in [-0.25, -0.2) is 4.79 Å². The van der Waals surface area contributed by atoms with Crippen LogP contribution >= 0.6 is 0 Å². The van der Waals surface area contributed by atoms with Crippen LogP contribution in [-0.4, -0.2) is 27.8 Å². The molecular weight excluding hydrogens is 388 g/mol. The van der Waals surface area contributed by atoms with Crippen molar-refractivity contribution in [2.24, 2.45) is 23.7 Å².